The van der Waals surface area contributed by atoms with Crippen LogP contribution in [-0.4, -0.2) is 52.9 Å². The summed E-state index contributed by atoms with van der Waals surface area (Å²) in [6.45, 7) is 1.99. The van der Waals surface area contributed by atoms with E-state index in [4.69, 9.17) is 0 Å². The minimum atomic E-state index is -3.51. The van der Waals surface area contributed by atoms with Crippen LogP contribution in [0, 0.1) is 0 Å². The normalized spacial score (nSPS) is 14.6. The first-order chi connectivity index (χ1) is 12.8. The third kappa shape index (κ3) is 3.84. The molecule has 1 fully saturated rings. The van der Waals surface area contributed by atoms with Crippen molar-refractivity contribution >= 4 is 27.3 Å². The number of hydrogen-bond acceptors (Lipinski definition) is 4. The number of nitrogens with zero attached hydrogens (tertiary/aromatic N) is 3. The molecule has 0 spiro atoms. The van der Waals surface area contributed by atoms with Gasteiger partial charge in [-0.1, -0.05) is 12.1 Å². The molecule has 0 atom stereocenters. The molecule has 0 bridgehead atoms. The zero-order valence-corrected chi connectivity index (χ0v) is 16.7. The largest absolute Gasteiger partial charge is 0.370 e. The minimum Gasteiger partial charge on any atom is -0.370 e. The van der Waals surface area contributed by atoms with Crippen LogP contribution < -0.4 is 9.80 Å². The highest BCUT2D eigenvalue weighted by Crippen LogP contribution is 2.31. The molecule has 0 unspecified atom stereocenters. The van der Waals surface area contributed by atoms with Gasteiger partial charge in [0.2, 0.25) is 10.0 Å². The molecule has 1 aliphatic rings. The summed E-state index contributed by atoms with van der Waals surface area (Å²) >= 11 is 0. The summed E-state index contributed by atoms with van der Waals surface area (Å²) in [6.07, 6.45) is 2.32. The van der Waals surface area contributed by atoms with Crippen LogP contribution in [0.3, 0.4) is 0 Å². The van der Waals surface area contributed by atoms with E-state index in [9.17, 15) is 13.2 Å². The van der Waals surface area contributed by atoms with E-state index in [0.717, 1.165) is 41.6 Å². The Morgan fingerprint density at radius 2 is 1.52 bits per heavy atom. The monoisotopic (exact) mass is 387 g/mol. The van der Waals surface area contributed by atoms with Gasteiger partial charge >= 0.3 is 0 Å². The molecule has 0 radical (unpaired) electrons. The lowest BCUT2D eigenvalue weighted by molar-refractivity contribution is 0.0993. The lowest BCUT2D eigenvalue weighted by Gasteiger charge is -2.26. The Kier molecular flexibility index (Phi) is 5.53. The molecule has 1 aliphatic heterocycles. The standard InChI is InChI=1S/C20H25N3O3S/c1-21(2)27(25,26)17-12-10-16(11-13-17)20(24)22(3)18-8-4-5-9-19(18)23-14-6-7-15-23/h4-5,8-13H,6-7,14-15H2,1-3H3. The first-order valence-electron chi connectivity index (χ1n) is 8.97. The van der Waals surface area contributed by atoms with Crippen molar-refractivity contribution in [2.75, 3.05) is 44.0 Å². The third-order valence-electron chi connectivity index (χ3n) is 4.87. The van der Waals surface area contributed by atoms with Crippen LogP contribution in [0.25, 0.3) is 0 Å². The van der Waals surface area contributed by atoms with Gasteiger partial charge in [-0.15, -0.1) is 0 Å². The van der Waals surface area contributed by atoms with Crippen LogP contribution in [-0.2, 0) is 10.0 Å². The average Bonchev–Trinajstić information content (AvgIpc) is 3.21. The second kappa shape index (κ2) is 7.70. The Morgan fingerprint density at radius 1 is 0.926 bits per heavy atom. The second-order valence-electron chi connectivity index (χ2n) is 6.86. The maximum absolute atomic E-state index is 13.0. The zero-order valence-electron chi connectivity index (χ0n) is 15.9. The van der Waals surface area contributed by atoms with E-state index in [1.807, 2.05) is 24.3 Å². The summed E-state index contributed by atoms with van der Waals surface area (Å²) in [5, 5.41) is 0. The van der Waals surface area contributed by atoms with Crippen LogP contribution in [0.2, 0.25) is 0 Å². The molecule has 7 heteroatoms. The minimum absolute atomic E-state index is 0.171. The summed E-state index contributed by atoms with van der Waals surface area (Å²) in [4.78, 5) is 17.1. The molecule has 3 rings (SSSR count). The smallest absolute Gasteiger partial charge is 0.258 e. The third-order valence-corrected chi connectivity index (χ3v) is 6.70. The molecule has 2 aromatic carbocycles. The van der Waals surface area contributed by atoms with Gasteiger partial charge in [0, 0.05) is 39.8 Å². The molecule has 144 valence electrons. The number of anilines is 2. The molecule has 1 heterocycles. The second-order valence-corrected chi connectivity index (χ2v) is 9.01. The SMILES string of the molecule is CN(C(=O)c1ccc(S(=O)(=O)N(C)C)cc1)c1ccccc1N1CCCC1. The van der Waals surface area contributed by atoms with Gasteiger partial charge in [-0.25, -0.2) is 12.7 Å². The van der Waals surface area contributed by atoms with Crippen molar-refractivity contribution in [2.45, 2.75) is 17.7 Å². The van der Waals surface area contributed by atoms with E-state index < -0.39 is 10.0 Å². The maximum atomic E-state index is 13.0. The Hall–Kier alpha value is -2.38. The van der Waals surface area contributed by atoms with Crippen molar-refractivity contribution in [3.05, 3.63) is 54.1 Å². The van der Waals surface area contributed by atoms with E-state index in [-0.39, 0.29) is 10.8 Å². The van der Waals surface area contributed by atoms with Gasteiger partial charge in [0.05, 0.1) is 16.3 Å². The van der Waals surface area contributed by atoms with Gasteiger partial charge in [0.15, 0.2) is 0 Å². The van der Waals surface area contributed by atoms with Crippen LogP contribution in [0.5, 0.6) is 0 Å². The molecule has 2 aromatic rings. The van der Waals surface area contributed by atoms with Crippen LogP contribution in [0.4, 0.5) is 11.4 Å². The molecule has 0 N–H and O–H groups in total. The highest BCUT2D eigenvalue weighted by molar-refractivity contribution is 7.89. The van der Waals surface area contributed by atoms with Gasteiger partial charge in [-0.2, -0.15) is 0 Å². The predicted octanol–water partition coefficient (Wildman–Crippen LogP) is 2.81. The summed E-state index contributed by atoms with van der Waals surface area (Å²) < 4.78 is 25.5. The van der Waals surface area contributed by atoms with E-state index >= 15 is 0 Å². The number of rotatable bonds is 5. The molecule has 27 heavy (non-hydrogen) atoms. The molecule has 1 saturated heterocycles. The lowest BCUT2D eigenvalue weighted by atomic mass is 10.1. The van der Waals surface area contributed by atoms with Crippen molar-refractivity contribution < 1.29 is 13.2 Å². The van der Waals surface area contributed by atoms with Gasteiger partial charge in [-0.05, 0) is 49.2 Å². The average molecular weight is 388 g/mol. The first kappa shape index (κ1) is 19.4. The number of benzene rings is 2. The summed E-state index contributed by atoms with van der Waals surface area (Å²) in [5.74, 6) is -0.171. The van der Waals surface area contributed by atoms with Gasteiger partial charge in [0.1, 0.15) is 0 Å². The number of para-hydroxylation sites is 2. The Balaban J connectivity index is 1.86. The van der Waals surface area contributed by atoms with Gasteiger partial charge < -0.3 is 9.80 Å². The number of carbonyl (C=O) groups excluding carboxylic acids is 1. The number of amides is 1. The predicted molar refractivity (Wildman–Crippen MR) is 108 cm³/mol. The molecular formula is C20H25N3O3S. The Labute approximate surface area is 161 Å². The summed E-state index contributed by atoms with van der Waals surface area (Å²) in [5.41, 5.74) is 2.36. The van der Waals surface area contributed by atoms with E-state index in [0.29, 0.717) is 5.56 Å². The summed E-state index contributed by atoms with van der Waals surface area (Å²) in [6, 6.07) is 14.0. The maximum Gasteiger partial charge on any atom is 0.258 e. The van der Waals surface area contributed by atoms with Crippen molar-refractivity contribution in [3.8, 4) is 0 Å². The molecule has 0 aliphatic carbocycles. The topological polar surface area (TPSA) is 60.9 Å². The van der Waals surface area contributed by atoms with Crippen molar-refractivity contribution in [2.24, 2.45) is 0 Å². The van der Waals surface area contributed by atoms with E-state index in [1.54, 1.807) is 24.1 Å². The quantitative estimate of drug-likeness (QED) is 0.792. The van der Waals surface area contributed by atoms with Crippen molar-refractivity contribution in [1.82, 2.24) is 4.31 Å². The molecule has 1 amide bonds. The van der Waals surface area contributed by atoms with Crippen LogP contribution in [0.15, 0.2) is 53.4 Å². The highest BCUT2D eigenvalue weighted by Gasteiger charge is 2.22. The number of hydrogen-bond donors (Lipinski definition) is 0. The fourth-order valence-electron chi connectivity index (χ4n) is 3.26. The fraction of sp³-hybridized carbons (Fsp3) is 0.350. The fourth-order valence-corrected chi connectivity index (χ4v) is 4.16. The molecular weight excluding hydrogens is 362 g/mol. The summed E-state index contributed by atoms with van der Waals surface area (Å²) in [7, 11) is 1.21. The van der Waals surface area contributed by atoms with Crippen molar-refractivity contribution in [1.29, 1.82) is 0 Å². The van der Waals surface area contributed by atoms with E-state index in [2.05, 4.69) is 4.90 Å². The molecule has 6 nitrogen and oxygen atoms in total. The Bertz CT molecular complexity index is 918. The number of carbonyl (C=O) groups is 1. The zero-order chi connectivity index (χ0) is 19.6. The molecule has 0 saturated carbocycles. The van der Waals surface area contributed by atoms with Crippen molar-refractivity contribution in [3.63, 3.8) is 0 Å². The number of sulfonamides is 1. The first-order valence-corrected chi connectivity index (χ1v) is 10.4. The van der Waals surface area contributed by atoms with Crippen LogP contribution in [0.1, 0.15) is 23.2 Å². The van der Waals surface area contributed by atoms with E-state index in [1.165, 1.54) is 26.2 Å². The Morgan fingerprint density at radius 3 is 2.11 bits per heavy atom. The lowest BCUT2D eigenvalue weighted by Crippen LogP contribution is -2.29. The highest BCUT2D eigenvalue weighted by atomic mass is 32.2. The molecule has 0 aromatic heterocycles. The van der Waals surface area contributed by atoms with Gasteiger partial charge in [-0.3, -0.25) is 4.79 Å². The van der Waals surface area contributed by atoms with Gasteiger partial charge in [0.25, 0.3) is 5.91 Å². The van der Waals surface area contributed by atoms with Crippen LogP contribution >= 0.6 is 0 Å².